The van der Waals surface area contributed by atoms with Crippen LogP contribution in [-0.2, 0) is 4.79 Å². The number of hydrogen-bond donors (Lipinski definition) is 1. The fourth-order valence-electron chi connectivity index (χ4n) is 0.687. The van der Waals surface area contributed by atoms with Gasteiger partial charge in [-0.05, 0) is 31.5 Å². The number of primary amides is 1. The molecule has 0 spiro atoms. The number of nitrogens with two attached hydrogens (primary N) is 1. The first kappa shape index (κ1) is 14.2. The molecule has 3 heteroatoms. The molecule has 1 amide bonds. The average molecular weight is 182 g/mol. The number of amides is 1. The molecule has 0 fully saturated rings. The van der Waals surface area contributed by atoms with Crippen molar-refractivity contribution in [2.45, 2.75) is 27.7 Å². The number of carbonyl (C=O) groups excluding carboxylic acids is 1. The summed E-state index contributed by atoms with van der Waals surface area (Å²) in [6.45, 7) is 8.06. The van der Waals surface area contributed by atoms with E-state index in [1.165, 1.54) is 5.56 Å². The molecule has 0 saturated heterocycles. The molecule has 0 aliphatic carbocycles. The summed E-state index contributed by atoms with van der Waals surface area (Å²) in [7, 11) is 0. The Kier molecular flexibility index (Phi) is 11.6. The lowest BCUT2D eigenvalue weighted by Gasteiger charge is -1.90. The van der Waals surface area contributed by atoms with Gasteiger partial charge in [-0.2, -0.15) is 0 Å². The molecule has 1 aromatic heterocycles. The maximum absolute atomic E-state index is 8.58. The summed E-state index contributed by atoms with van der Waals surface area (Å²) in [6.07, 6.45) is 2.07. The fraction of sp³-hybridized carbons (Fsp3) is 0.400. The van der Waals surface area contributed by atoms with E-state index in [2.05, 4.69) is 23.7 Å². The largest absolute Gasteiger partial charge is 0.372 e. The molecule has 0 aromatic carbocycles. The van der Waals surface area contributed by atoms with Gasteiger partial charge in [0.2, 0.25) is 6.41 Å². The highest BCUT2D eigenvalue weighted by Crippen LogP contribution is 1.95. The topological polar surface area (TPSA) is 56.0 Å². The predicted octanol–water partition coefficient (Wildman–Crippen LogP) is 1.83. The molecule has 1 aromatic rings. The highest BCUT2D eigenvalue weighted by molar-refractivity contribution is 5.42. The number of nitrogens with zero attached hydrogens (tertiary/aromatic N) is 1. The van der Waals surface area contributed by atoms with Crippen LogP contribution in [0.5, 0.6) is 0 Å². The maximum atomic E-state index is 8.58. The van der Waals surface area contributed by atoms with Crippen molar-refractivity contribution < 1.29 is 4.79 Å². The summed E-state index contributed by atoms with van der Waals surface area (Å²) in [5.41, 5.74) is 6.53. The van der Waals surface area contributed by atoms with E-state index in [0.717, 1.165) is 5.69 Å². The van der Waals surface area contributed by atoms with Crippen LogP contribution in [0.1, 0.15) is 25.1 Å². The second-order valence-electron chi connectivity index (χ2n) is 2.11. The van der Waals surface area contributed by atoms with Crippen LogP contribution < -0.4 is 5.73 Å². The standard InChI is InChI=1S/C7H9N.C2H6.CH3NO/c1-6-3-4-8-7(2)5-6;1-2;2-1-3/h3-5H,1-2H3;1-2H3;1H,(H2,2,3). The van der Waals surface area contributed by atoms with E-state index in [1.54, 1.807) is 0 Å². The van der Waals surface area contributed by atoms with Crippen LogP contribution in [0.3, 0.4) is 0 Å². The van der Waals surface area contributed by atoms with Crippen LogP contribution in [-0.4, -0.2) is 11.4 Å². The lowest BCUT2D eigenvalue weighted by molar-refractivity contribution is -0.106. The smallest absolute Gasteiger partial charge is 0.204 e. The molecule has 0 saturated carbocycles. The molecular formula is C10H18N2O. The van der Waals surface area contributed by atoms with Crippen LogP contribution in [0.25, 0.3) is 0 Å². The molecule has 0 bridgehead atoms. The average Bonchev–Trinajstić information content (AvgIpc) is 2.08. The van der Waals surface area contributed by atoms with E-state index in [-0.39, 0.29) is 6.41 Å². The Morgan fingerprint density at radius 1 is 1.38 bits per heavy atom. The minimum absolute atomic E-state index is 0.250. The zero-order valence-corrected chi connectivity index (χ0v) is 8.74. The van der Waals surface area contributed by atoms with Gasteiger partial charge in [0.15, 0.2) is 0 Å². The maximum Gasteiger partial charge on any atom is 0.204 e. The van der Waals surface area contributed by atoms with Gasteiger partial charge in [-0.1, -0.05) is 13.8 Å². The number of aromatic nitrogens is 1. The Hall–Kier alpha value is -1.38. The molecule has 3 nitrogen and oxygen atoms in total. The molecule has 13 heavy (non-hydrogen) atoms. The van der Waals surface area contributed by atoms with Crippen LogP contribution in [0.15, 0.2) is 18.3 Å². The fourth-order valence-corrected chi connectivity index (χ4v) is 0.687. The van der Waals surface area contributed by atoms with Gasteiger partial charge in [-0.15, -0.1) is 0 Å². The third-order valence-electron chi connectivity index (χ3n) is 1.05. The second-order valence-corrected chi connectivity index (χ2v) is 2.11. The van der Waals surface area contributed by atoms with E-state index in [4.69, 9.17) is 4.79 Å². The van der Waals surface area contributed by atoms with E-state index in [1.807, 2.05) is 33.0 Å². The third kappa shape index (κ3) is 10.6. The summed E-state index contributed by atoms with van der Waals surface area (Å²) in [6, 6.07) is 4.05. The van der Waals surface area contributed by atoms with Crippen molar-refractivity contribution in [1.29, 1.82) is 0 Å². The van der Waals surface area contributed by atoms with Crippen molar-refractivity contribution in [3.8, 4) is 0 Å². The molecule has 1 rings (SSSR count). The molecule has 0 unspecified atom stereocenters. The van der Waals surface area contributed by atoms with Gasteiger partial charge in [0, 0.05) is 11.9 Å². The van der Waals surface area contributed by atoms with Gasteiger partial charge < -0.3 is 5.73 Å². The van der Waals surface area contributed by atoms with Crippen LogP contribution in [0, 0.1) is 13.8 Å². The Balaban J connectivity index is 0. The summed E-state index contributed by atoms with van der Waals surface area (Å²) < 4.78 is 0. The van der Waals surface area contributed by atoms with Gasteiger partial charge >= 0.3 is 0 Å². The van der Waals surface area contributed by atoms with Crippen LogP contribution >= 0.6 is 0 Å². The molecule has 0 aliphatic rings. The molecule has 2 N–H and O–H groups in total. The van der Waals surface area contributed by atoms with E-state index in [9.17, 15) is 0 Å². The first-order valence-electron chi connectivity index (χ1n) is 4.25. The highest BCUT2D eigenvalue weighted by atomic mass is 16.1. The van der Waals surface area contributed by atoms with Crippen LogP contribution in [0.2, 0.25) is 0 Å². The Labute approximate surface area is 80.0 Å². The summed E-state index contributed by atoms with van der Waals surface area (Å²) in [5, 5.41) is 0. The van der Waals surface area contributed by atoms with Crippen molar-refractivity contribution in [2.75, 3.05) is 0 Å². The summed E-state index contributed by atoms with van der Waals surface area (Å²) >= 11 is 0. The molecule has 1 heterocycles. The Morgan fingerprint density at radius 2 is 1.85 bits per heavy atom. The zero-order valence-electron chi connectivity index (χ0n) is 8.74. The van der Waals surface area contributed by atoms with Crippen molar-refractivity contribution in [1.82, 2.24) is 4.98 Å². The SMILES string of the molecule is CC.Cc1ccnc(C)c1.NC=O. The summed E-state index contributed by atoms with van der Waals surface area (Å²) in [5.74, 6) is 0. The van der Waals surface area contributed by atoms with Gasteiger partial charge in [-0.25, -0.2) is 0 Å². The lowest BCUT2D eigenvalue weighted by Crippen LogP contribution is -1.82. The van der Waals surface area contributed by atoms with Gasteiger partial charge in [0.1, 0.15) is 0 Å². The highest BCUT2D eigenvalue weighted by Gasteiger charge is 1.82. The minimum atomic E-state index is 0.250. The van der Waals surface area contributed by atoms with Gasteiger partial charge in [0.25, 0.3) is 0 Å². The second kappa shape index (κ2) is 10.6. The van der Waals surface area contributed by atoms with Crippen molar-refractivity contribution >= 4 is 6.41 Å². The molecular weight excluding hydrogens is 164 g/mol. The van der Waals surface area contributed by atoms with Gasteiger partial charge in [0.05, 0.1) is 0 Å². The summed E-state index contributed by atoms with van der Waals surface area (Å²) in [4.78, 5) is 12.6. The normalized spacial score (nSPS) is 7.08. The number of pyridine rings is 1. The minimum Gasteiger partial charge on any atom is -0.372 e. The van der Waals surface area contributed by atoms with Crippen molar-refractivity contribution in [3.05, 3.63) is 29.6 Å². The Morgan fingerprint density at radius 3 is 2.08 bits per heavy atom. The van der Waals surface area contributed by atoms with Gasteiger partial charge in [-0.3, -0.25) is 9.78 Å². The van der Waals surface area contributed by atoms with Crippen molar-refractivity contribution in [3.63, 3.8) is 0 Å². The quantitative estimate of drug-likeness (QED) is 0.622. The zero-order chi connectivity index (χ0) is 10.7. The van der Waals surface area contributed by atoms with Crippen molar-refractivity contribution in [2.24, 2.45) is 5.73 Å². The van der Waals surface area contributed by atoms with E-state index in [0.29, 0.717) is 0 Å². The number of aryl methyl sites for hydroxylation is 2. The first-order chi connectivity index (χ1) is 6.20. The molecule has 0 aliphatic heterocycles. The van der Waals surface area contributed by atoms with E-state index >= 15 is 0 Å². The number of carbonyl (C=O) groups is 1. The molecule has 0 radical (unpaired) electrons. The molecule has 0 atom stereocenters. The third-order valence-corrected chi connectivity index (χ3v) is 1.05. The number of rotatable bonds is 0. The van der Waals surface area contributed by atoms with E-state index < -0.39 is 0 Å². The first-order valence-corrected chi connectivity index (χ1v) is 4.25. The molecule has 74 valence electrons. The monoisotopic (exact) mass is 182 g/mol. The van der Waals surface area contributed by atoms with Crippen LogP contribution in [0.4, 0.5) is 0 Å². The lowest BCUT2D eigenvalue weighted by atomic mass is 10.3. The predicted molar refractivity (Wildman–Crippen MR) is 55.3 cm³/mol. The number of hydrogen-bond acceptors (Lipinski definition) is 2. The Bertz CT molecular complexity index is 207.